The van der Waals surface area contributed by atoms with E-state index in [-0.39, 0.29) is 6.04 Å². The summed E-state index contributed by atoms with van der Waals surface area (Å²) in [6, 6.07) is 11.4. The number of benzene rings is 2. The van der Waals surface area contributed by atoms with Crippen LogP contribution in [0.5, 0.6) is 5.75 Å². The van der Waals surface area contributed by atoms with E-state index in [0.717, 1.165) is 49.1 Å². The summed E-state index contributed by atoms with van der Waals surface area (Å²) in [6.07, 6.45) is -0.123. The number of nitrogens with zero attached hydrogens (tertiary/aromatic N) is 1. The van der Waals surface area contributed by atoms with Crippen molar-refractivity contribution in [3.05, 3.63) is 45.7 Å². The number of nitrogens with one attached hydrogen (secondary N) is 2. The number of ether oxygens (including phenoxy) is 1. The number of halogens is 2. The molecule has 0 spiro atoms. The van der Waals surface area contributed by atoms with Crippen LogP contribution in [0.25, 0.3) is 10.1 Å². The molecule has 0 aliphatic carbocycles. The minimum Gasteiger partial charge on any atom is -0.495 e. The fraction of sp³-hybridized carbons (Fsp3) is 0.385. The smallest absolute Gasteiger partial charge is 0.142 e. The van der Waals surface area contributed by atoms with Crippen LogP contribution in [-0.4, -0.2) is 64.2 Å². The van der Waals surface area contributed by atoms with Crippen LogP contribution in [-0.2, 0) is 4.57 Å². The van der Waals surface area contributed by atoms with Crippen molar-refractivity contribution in [1.29, 1.82) is 0 Å². The van der Waals surface area contributed by atoms with Crippen LogP contribution >= 0.6 is 34.4 Å². The van der Waals surface area contributed by atoms with Gasteiger partial charge in [0.15, 0.2) is 0 Å². The van der Waals surface area contributed by atoms with E-state index in [9.17, 15) is 8.96 Å². The second kappa shape index (κ2) is 10.9. The van der Waals surface area contributed by atoms with Crippen LogP contribution in [0.3, 0.4) is 0 Å². The third-order valence-electron chi connectivity index (χ3n) is 6.12. The largest absolute Gasteiger partial charge is 0.495 e. The normalized spacial score (nSPS) is 18.7. The molecule has 1 unspecified atom stereocenters. The van der Waals surface area contributed by atoms with Crippen LogP contribution in [0.1, 0.15) is 11.3 Å². The van der Waals surface area contributed by atoms with Gasteiger partial charge in [0.1, 0.15) is 19.1 Å². The fourth-order valence-electron chi connectivity index (χ4n) is 4.13. The number of likely N-dealkylation sites (tertiary alicyclic amines) is 1. The first-order valence-electron chi connectivity index (χ1n) is 11.4. The van der Waals surface area contributed by atoms with Crippen LogP contribution in [0.2, 0.25) is 0 Å². The maximum Gasteiger partial charge on any atom is 0.142 e. The van der Waals surface area contributed by atoms with Crippen molar-refractivity contribution in [3.8, 4) is 17.6 Å². The van der Waals surface area contributed by atoms with Gasteiger partial charge in [-0.2, -0.15) is 0 Å². The van der Waals surface area contributed by atoms with Gasteiger partial charge in [-0.05, 0) is 67.0 Å². The average molecular weight is 578 g/mol. The first-order chi connectivity index (χ1) is 16.7. The monoisotopic (exact) mass is 577 g/mol. The van der Waals surface area contributed by atoms with Crippen LogP contribution in [0.4, 0.5) is 15.8 Å². The van der Waals surface area contributed by atoms with Gasteiger partial charge in [0, 0.05) is 23.8 Å². The lowest BCUT2D eigenvalue weighted by Crippen LogP contribution is -2.46. The molecule has 1 fully saturated rings. The van der Waals surface area contributed by atoms with Crippen molar-refractivity contribution >= 4 is 61.2 Å². The molecular formula is C26H30BrFN3O2PS. The van der Waals surface area contributed by atoms with E-state index in [0.29, 0.717) is 18.8 Å². The lowest BCUT2D eigenvalue weighted by molar-refractivity contribution is 0.149. The van der Waals surface area contributed by atoms with Gasteiger partial charge in [-0.3, -0.25) is 0 Å². The van der Waals surface area contributed by atoms with Gasteiger partial charge in [-0.15, -0.1) is 11.3 Å². The van der Waals surface area contributed by atoms with Crippen LogP contribution in [0, 0.1) is 11.8 Å². The van der Waals surface area contributed by atoms with Crippen LogP contribution in [0.15, 0.2) is 40.9 Å². The molecule has 1 aliphatic rings. The fourth-order valence-corrected chi connectivity index (χ4v) is 6.84. The Bertz CT molecular complexity index is 1330. The lowest BCUT2D eigenvalue weighted by atomic mass is 10.0. The van der Waals surface area contributed by atoms with Crippen molar-refractivity contribution < 1.29 is 13.7 Å². The van der Waals surface area contributed by atoms with Gasteiger partial charge in [0.25, 0.3) is 0 Å². The van der Waals surface area contributed by atoms with E-state index in [2.05, 4.69) is 44.5 Å². The number of fused-ring (bicyclic) bond motifs is 1. The summed E-state index contributed by atoms with van der Waals surface area (Å²) in [7, 11) is 1.20. The zero-order valence-corrected chi connectivity index (χ0v) is 23.6. The summed E-state index contributed by atoms with van der Waals surface area (Å²) in [5.74, 6) is 7.09. The molecule has 2 aromatic carbocycles. The highest BCUT2D eigenvalue weighted by Gasteiger charge is 2.28. The van der Waals surface area contributed by atoms with Gasteiger partial charge in [-0.1, -0.05) is 24.0 Å². The Balaban J connectivity index is 1.49. The quantitative estimate of drug-likeness (QED) is 0.285. The first kappa shape index (κ1) is 26.0. The summed E-state index contributed by atoms with van der Waals surface area (Å²) >= 11 is 5.31. The number of alkyl halides is 1. The maximum atomic E-state index is 14.6. The summed E-state index contributed by atoms with van der Waals surface area (Å²) in [5.41, 5.74) is 1.75. The summed E-state index contributed by atoms with van der Waals surface area (Å²) < 4.78 is 34.4. The number of methoxy groups -OCH3 is 1. The van der Waals surface area contributed by atoms with Crippen molar-refractivity contribution in [2.24, 2.45) is 0 Å². The van der Waals surface area contributed by atoms with Crippen molar-refractivity contribution in [2.75, 3.05) is 57.8 Å². The standard InChI is InChI=1S/C26H30BrFN3O2PS/c1-31-14-12-20(19(28)16-31)30-22-8-5-7-18-25(27)24(35-26(18)22)9-6-13-29-21-11-10-17(34(3,4)32)15-23(21)33-2/h5,7-8,10-11,15,19-20,29-30H,12-14,16H2,1-4H3/t19-,20?/m1/s1. The molecule has 1 aromatic heterocycles. The minimum absolute atomic E-state index is 0.188. The Morgan fingerprint density at radius 1 is 1.29 bits per heavy atom. The number of rotatable bonds is 6. The Hall–Kier alpha value is -2.04. The van der Waals surface area contributed by atoms with E-state index < -0.39 is 13.3 Å². The first-order valence-corrected chi connectivity index (χ1v) is 15.6. The molecule has 2 N–H and O–H groups in total. The predicted molar refractivity (Wildman–Crippen MR) is 151 cm³/mol. The third kappa shape index (κ3) is 6.03. The molecule has 9 heteroatoms. The molecule has 5 nitrogen and oxygen atoms in total. The van der Waals surface area contributed by atoms with Gasteiger partial charge in [-0.25, -0.2) is 4.39 Å². The Morgan fingerprint density at radius 3 is 2.80 bits per heavy atom. The van der Waals surface area contributed by atoms with E-state index in [1.54, 1.807) is 31.8 Å². The highest BCUT2D eigenvalue weighted by Crippen LogP contribution is 2.40. The topological polar surface area (TPSA) is 53.6 Å². The second-order valence-corrected chi connectivity index (χ2v) is 14.2. The molecular weight excluding hydrogens is 548 g/mol. The van der Waals surface area contributed by atoms with Gasteiger partial charge in [0.2, 0.25) is 0 Å². The molecule has 0 radical (unpaired) electrons. The van der Waals surface area contributed by atoms with E-state index >= 15 is 0 Å². The van der Waals surface area contributed by atoms with E-state index in [1.165, 1.54) is 0 Å². The Labute approximate surface area is 218 Å². The highest BCUT2D eigenvalue weighted by molar-refractivity contribution is 9.10. The predicted octanol–water partition coefficient (Wildman–Crippen LogP) is 5.84. The van der Waals surface area contributed by atoms with Gasteiger partial charge < -0.3 is 24.8 Å². The molecule has 4 rings (SSSR count). The van der Waals surface area contributed by atoms with Crippen molar-refractivity contribution in [1.82, 2.24) is 4.90 Å². The molecule has 186 valence electrons. The molecule has 0 amide bonds. The molecule has 0 saturated carbocycles. The van der Waals surface area contributed by atoms with Crippen LogP contribution < -0.4 is 20.7 Å². The van der Waals surface area contributed by atoms with Gasteiger partial charge in [0.05, 0.1) is 45.1 Å². The number of anilines is 2. The Kier molecular flexibility index (Phi) is 8.12. The zero-order valence-electron chi connectivity index (χ0n) is 20.3. The Morgan fingerprint density at radius 2 is 2.09 bits per heavy atom. The molecule has 2 heterocycles. The number of hydrogen-bond acceptors (Lipinski definition) is 6. The third-order valence-corrected chi connectivity index (χ3v) is 9.88. The number of piperidine rings is 1. The van der Waals surface area contributed by atoms with Crippen molar-refractivity contribution in [2.45, 2.75) is 18.6 Å². The molecule has 3 aromatic rings. The highest BCUT2D eigenvalue weighted by atomic mass is 79.9. The maximum absolute atomic E-state index is 14.6. The average Bonchev–Trinajstić information content (AvgIpc) is 3.14. The summed E-state index contributed by atoms with van der Waals surface area (Å²) in [4.78, 5) is 2.96. The lowest BCUT2D eigenvalue weighted by Gasteiger charge is -2.33. The number of thiophene rings is 1. The van der Waals surface area contributed by atoms with E-state index in [1.807, 2.05) is 42.3 Å². The molecule has 2 atom stereocenters. The SMILES string of the molecule is COc1cc(P(C)(C)=O)ccc1NCC#Cc1sc2c(NC3CCN(C)C[C@H]3F)cccc2c1Br. The minimum atomic E-state index is -2.36. The summed E-state index contributed by atoms with van der Waals surface area (Å²) in [5, 5.41) is 8.58. The van der Waals surface area contributed by atoms with E-state index in [4.69, 9.17) is 4.74 Å². The number of hydrogen-bond donors (Lipinski definition) is 2. The van der Waals surface area contributed by atoms with Crippen molar-refractivity contribution in [3.63, 3.8) is 0 Å². The molecule has 1 aliphatic heterocycles. The molecule has 0 bridgehead atoms. The van der Waals surface area contributed by atoms with Gasteiger partial charge >= 0.3 is 0 Å². The molecule has 1 saturated heterocycles. The zero-order chi connectivity index (χ0) is 25.2. The second-order valence-electron chi connectivity index (χ2n) is 9.14. The summed E-state index contributed by atoms with van der Waals surface area (Å²) in [6.45, 7) is 5.25. The molecule has 35 heavy (non-hydrogen) atoms.